The minimum Gasteiger partial charge on any atom is -0.507 e. The van der Waals surface area contributed by atoms with Gasteiger partial charge in [-0.15, -0.1) is 0 Å². The van der Waals surface area contributed by atoms with Gasteiger partial charge in [-0.05, 0) is 35.0 Å². The van der Waals surface area contributed by atoms with Crippen molar-refractivity contribution in [2.45, 2.75) is 0 Å². The highest BCUT2D eigenvalue weighted by Crippen LogP contribution is 2.39. The molecule has 0 aliphatic rings. The minimum absolute atomic E-state index is 0.116. The Morgan fingerprint density at radius 2 is 1.64 bits per heavy atom. The number of rotatable bonds is 6. The molecule has 0 radical (unpaired) electrons. The topological polar surface area (TPSA) is 89.4 Å². The van der Waals surface area contributed by atoms with Gasteiger partial charge in [-0.25, -0.2) is 5.43 Å². The summed E-state index contributed by atoms with van der Waals surface area (Å²) in [5.41, 5.74) is 3.13. The van der Waals surface area contributed by atoms with E-state index in [1.54, 1.807) is 24.3 Å². The highest BCUT2D eigenvalue weighted by molar-refractivity contribution is 6.01. The Balaban J connectivity index is 1.83. The molecule has 0 heterocycles. The van der Waals surface area contributed by atoms with Crippen molar-refractivity contribution in [3.8, 4) is 23.0 Å². The van der Waals surface area contributed by atoms with E-state index in [4.69, 9.17) is 14.2 Å². The lowest BCUT2D eigenvalue weighted by Gasteiger charge is -2.13. The summed E-state index contributed by atoms with van der Waals surface area (Å²) >= 11 is 0. The van der Waals surface area contributed by atoms with Gasteiger partial charge in [0.1, 0.15) is 5.75 Å². The van der Waals surface area contributed by atoms with Crippen LogP contribution in [0.5, 0.6) is 23.0 Å². The van der Waals surface area contributed by atoms with Crippen molar-refractivity contribution in [2.24, 2.45) is 5.10 Å². The molecule has 28 heavy (non-hydrogen) atoms. The molecule has 2 N–H and O–H groups in total. The number of hydrazone groups is 1. The van der Waals surface area contributed by atoms with Crippen molar-refractivity contribution in [3.63, 3.8) is 0 Å². The molecule has 0 saturated carbocycles. The van der Waals surface area contributed by atoms with E-state index in [2.05, 4.69) is 10.5 Å². The number of nitrogens with zero attached hydrogens (tertiary/aromatic N) is 1. The van der Waals surface area contributed by atoms with Gasteiger partial charge in [0.25, 0.3) is 5.91 Å². The summed E-state index contributed by atoms with van der Waals surface area (Å²) in [5, 5.41) is 15.8. The first kappa shape index (κ1) is 19.0. The number of nitrogens with one attached hydrogen (secondary N) is 1. The smallest absolute Gasteiger partial charge is 0.275 e. The number of amides is 1. The van der Waals surface area contributed by atoms with Crippen LogP contribution in [0.15, 0.2) is 53.6 Å². The van der Waals surface area contributed by atoms with Crippen LogP contribution in [0.4, 0.5) is 0 Å². The first-order chi connectivity index (χ1) is 13.6. The molecule has 1 amide bonds. The fourth-order valence-electron chi connectivity index (χ4n) is 2.86. The second-order valence-corrected chi connectivity index (χ2v) is 5.84. The third-order valence-corrected chi connectivity index (χ3v) is 4.21. The van der Waals surface area contributed by atoms with E-state index in [0.29, 0.717) is 22.8 Å². The fraction of sp³-hybridized carbons (Fsp3) is 0.143. The summed E-state index contributed by atoms with van der Waals surface area (Å²) in [4.78, 5) is 12.4. The number of phenols is 1. The van der Waals surface area contributed by atoms with Crippen LogP contribution in [0.25, 0.3) is 10.8 Å². The number of hydrogen-bond acceptors (Lipinski definition) is 6. The molecule has 3 rings (SSSR count). The first-order valence-corrected chi connectivity index (χ1v) is 8.43. The van der Waals surface area contributed by atoms with Gasteiger partial charge in [0.2, 0.25) is 5.75 Å². The zero-order valence-corrected chi connectivity index (χ0v) is 15.7. The first-order valence-electron chi connectivity index (χ1n) is 8.43. The van der Waals surface area contributed by atoms with Gasteiger partial charge in [0.05, 0.1) is 33.1 Å². The number of aromatic hydroxyl groups is 1. The van der Waals surface area contributed by atoms with E-state index < -0.39 is 5.91 Å². The van der Waals surface area contributed by atoms with Gasteiger partial charge in [-0.3, -0.25) is 4.79 Å². The molecule has 0 bridgehead atoms. The van der Waals surface area contributed by atoms with Gasteiger partial charge in [-0.1, -0.05) is 24.3 Å². The van der Waals surface area contributed by atoms with Crippen LogP contribution < -0.4 is 19.6 Å². The summed E-state index contributed by atoms with van der Waals surface area (Å²) in [6.45, 7) is 0. The van der Waals surface area contributed by atoms with Crippen molar-refractivity contribution >= 4 is 22.9 Å². The monoisotopic (exact) mass is 380 g/mol. The summed E-state index contributed by atoms with van der Waals surface area (Å²) in [7, 11) is 4.53. The van der Waals surface area contributed by atoms with Crippen molar-refractivity contribution in [2.75, 3.05) is 21.3 Å². The van der Waals surface area contributed by atoms with Gasteiger partial charge in [-0.2, -0.15) is 5.10 Å². The van der Waals surface area contributed by atoms with E-state index in [0.717, 1.165) is 10.8 Å². The summed E-state index contributed by atoms with van der Waals surface area (Å²) in [6.07, 6.45) is 1.43. The van der Waals surface area contributed by atoms with Crippen molar-refractivity contribution in [3.05, 3.63) is 59.7 Å². The SMILES string of the molecule is COc1ccc(/C=N\NC(=O)c2cc3ccccc3cc2O)c(OC)c1OC. The van der Waals surface area contributed by atoms with Crippen LogP contribution in [0.2, 0.25) is 0 Å². The fourth-order valence-corrected chi connectivity index (χ4v) is 2.86. The van der Waals surface area contributed by atoms with Gasteiger partial charge in [0.15, 0.2) is 11.5 Å². The van der Waals surface area contributed by atoms with E-state index >= 15 is 0 Å². The largest absolute Gasteiger partial charge is 0.507 e. The molecule has 7 nitrogen and oxygen atoms in total. The number of carbonyl (C=O) groups excluding carboxylic acids is 1. The molecule has 0 aliphatic carbocycles. The number of benzene rings is 3. The summed E-state index contributed by atoms with van der Waals surface area (Å²) in [6, 6.07) is 14.0. The highest BCUT2D eigenvalue weighted by Gasteiger charge is 2.15. The predicted molar refractivity (Wildman–Crippen MR) is 107 cm³/mol. The number of hydrogen-bond donors (Lipinski definition) is 2. The Bertz CT molecular complexity index is 1050. The van der Waals surface area contributed by atoms with Crippen molar-refractivity contribution < 1.29 is 24.1 Å². The molecule has 7 heteroatoms. The van der Waals surface area contributed by atoms with Crippen LogP contribution in [0, 0.1) is 0 Å². The quantitative estimate of drug-likeness (QED) is 0.506. The van der Waals surface area contributed by atoms with Crippen LogP contribution in [0.3, 0.4) is 0 Å². The van der Waals surface area contributed by atoms with E-state index in [1.807, 2.05) is 24.3 Å². The number of fused-ring (bicyclic) bond motifs is 1. The number of carbonyl (C=O) groups is 1. The van der Waals surface area contributed by atoms with Crippen molar-refractivity contribution in [1.82, 2.24) is 5.43 Å². The molecule has 3 aromatic rings. The molecule has 3 aromatic carbocycles. The van der Waals surface area contributed by atoms with Gasteiger partial charge >= 0.3 is 0 Å². The molecule has 0 spiro atoms. The lowest BCUT2D eigenvalue weighted by Crippen LogP contribution is -2.17. The Morgan fingerprint density at radius 1 is 0.964 bits per heavy atom. The molecule has 0 saturated heterocycles. The van der Waals surface area contributed by atoms with E-state index in [1.165, 1.54) is 27.5 Å². The van der Waals surface area contributed by atoms with Gasteiger partial charge < -0.3 is 19.3 Å². The lowest BCUT2D eigenvalue weighted by molar-refractivity contribution is 0.0952. The van der Waals surface area contributed by atoms with Gasteiger partial charge in [0, 0.05) is 5.56 Å². The molecule has 0 aliphatic heterocycles. The normalized spacial score (nSPS) is 10.8. The molecule has 144 valence electrons. The summed E-state index contributed by atoms with van der Waals surface area (Å²) in [5.74, 6) is 0.719. The Hall–Kier alpha value is -3.74. The van der Waals surface area contributed by atoms with Crippen LogP contribution in [0.1, 0.15) is 15.9 Å². The lowest BCUT2D eigenvalue weighted by atomic mass is 10.1. The maximum Gasteiger partial charge on any atom is 0.275 e. The molecule has 0 fully saturated rings. The third-order valence-electron chi connectivity index (χ3n) is 4.21. The Morgan fingerprint density at radius 3 is 2.29 bits per heavy atom. The molecule has 0 atom stereocenters. The maximum absolute atomic E-state index is 12.4. The minimum atomic E-state index is -0.529. The van der Waals surface area contributed by atoms with E-state index in [9.17, 15) is 9.90 Å². The second kappa shape index (κ2) is 8.30. The van der Waals surface area contributed by atoms with E-state index in [-0.39, 0.29) is 11.3 Å². The van der Waals surface area contributed by atoms with Crippen LogP contribution >= 0.6 is 0 Å². The average molecular weight is 380 g/mol. The number of ether oxygens (including phenoxy) is 3. The number of methoxy groups -OCH3 is 3. The Kier molecular flexibility index (Phi) is 5.64. The predicted octanol–water partition coefficient (Wildman–Crippen LogP) is 3.34. The molecular weight excluding hydrogens is 360 g/mol. The van der Waals surface area contributed by atoms with Crippen LogP contribution in [-0.4, -0.2) is 38.6 Å². The standard InChI is InChI=1S/C21H20N2O5/c1-26-18-9-8-15(19(27-2)20(18)28-3)12-22-23-21(25)16-10-13-6-4-5-7-14(13)11-17(16)24/h4-12,24H,1-3H3,(H,23,25)/b22-12-. The highest BCUT2D eigenvalue weighted by atomic mass is 16.5. The number of phenolic OH excluding ortho intramolecular Hbond substituents is 1. The second-order valence-electron chi connectivity index (χ2n) is 5.84. The van der Waals surface area contributed by atoms with Crippen LogP contribution in [-0.2, 0) is 0 Å². The average Bonchev–Trinajstić information content (AvgIpc) is 2.72. The molecular formula is C21H20N2O5. The third kappa shape index (κ3) is 3.68. The molecule has 0 aromatic heterocycles. The molecule has 0 unspecified atom stereocenters. The summed E-state index contributed by atoms with van der Waals surface area (Å²) < 4.78 is 15.9. The zero-order valence-electron chi connectivity index (χ0n) is 15.7. The van der Waals surface area contributed by atoms with Crippen molar-refractivity contribution in [1.29, 1.82) is 0 Å². The zero-order chi connectivity index (χ0) is 20.1. The Labute approximate surface area is 162 Å². The maximum atomic E-state index is 12.4.